The monoisotopic (exact) mass is 315 g/mol. The van der Waals surface area contributed by atoms with Crippen LogP contribution in [0.1, 0.15) is 23.6 Å². The zero-order valence-corrected chi connectivity index (χ0v) is 14.1. The van der Waals surface area contributed by atoms with Crippen LogP contribution in [-0.4, -0.2) is 13.7 Å². The van der Waals surface area contributed by atoms with E-state index in [-0.39, 0.29) is 0 Å². The van der Waals surface area contributed by atoms with Gasteiger partial charge >= 0.3 is 0 Å². The molecule has 0 aliphatic carbocycles. The maximum Gasteiger partial charge on any atom is 0.147 e. The molecule has 1 aliphatic heterocycles. The molecule has 0 fully saturated rings. The normalized spacial score (nSPS) is 14.8. The first-order valence-corrected chi connectivity index (χ1v) is 8.41. The molecular weight excluding hydrogens is 294 g/mol. The number of fused-ring (bicyclic) bond motifs is 2. The molecule has 0 spiro atoms. The number of ether oxygens (including phenoxy) is 1. The predicted octanol–water partition coefficient (Wildman–Crippen LogP) is 5.10. The Kier molecular flexibility index (Phi) is 3.62. The fraction of sp³-hybridized carbons (Fsp3) is 0.182. The molecule has 0 radical (unpaired) electrons. The fourth-order valence-corrected chi connectivity index (χ4v) is 3.84. The van der Waals surface area contributed by atoms with E-state index in [0.717, 1.165) is 0 Å². The van der Waals surface area contributed by atoms with E-state index in [4.69, 9.17) is 4.74 Å². The summed E-state index contributed by atoms with van der Waals surface area (Å²) in [5.74, 6) is 0. The van der Waals surface area contributed by atoms with Crippen molar-refractivity contribution in [3.63, 3.8) is 0 Å². The van der Waals surface area contributed by atoms with Gasteiger partial charge < -0.3 is 9.64 Å². The topological polar surface area (TPSA) is 12.5 Å². The molecule has 0 amide bonds. The Balaban J connectivity index is 2.11. The lowest BCUT2D eigenvalue weighted by Gasteiger charge is -2.44. The Bertz CT molecular complexity index is 809. The van der Waals surface area contributed by atoms with Crippen LogP contribution in [0.25, 0.3) is 0 Å². The van der Waals surface area contributed by atoms with Gasteiger partial charge in [0.2, 0.25) is 0 Å². The van der Waals surface area contributed by atoms with Gasteiger partial charge in [-0.15, -0.1) is 0 Å². The quantitative estimate of drug-likeness (QED) is 0.667. The van der Waals surface area contributed by atoms with E-state index in [1.165, 1.54) is 28.1 Å². The molecule has 0 saturated heterocycles. The molecule has 24 heavy (non-hydrogen) atoms. The van der Waals surface area contributed by atoms with Crippen LogP contribution < -0.4 is 4.90 Å². The van der Waals surface area contributed by atoms with Crippen LogP contribution in [0.2, 0.25) is 0 Å². The van der Waals surface area contributed by atoms with Crippen molar-refractivity contribution < 1.29 is 4.74 Å². The van der Waals surface area contributed by atoms with Gasteiger partial charge in [0.15, 0.2) is 0 Å². The highest BCUT2D eigenvalue weighted by molar-refractivity contribution is 5.79. The van der Waals surface area contributed by atoms with Crippen molar-refractivity contribution in [3.05, 3.63) is 95.6 Å². The molecule has 0 atom stereocenters. The van der Waals surface area contributed by atoms with E-state index in [9.17, 15) is 0 Å². The van der Waals surface area contributed by atoms with Gasteiger partial charge in [0.05, 0.1) is 0 Å². The zero-order valence-electron chi connectivity index (χ0n) is 14.1. The lowest BCUT2D eigenvalue weighted by atomic mass is 9.76. The smallest absolute Gasteiger partial charge is 0.147 e. The third kappa shape index (κ3) is 2.00. The van der Waals surface area contributed by atoms with Crippen LogP contribution >= 0.6 is 0 Å². The summed E-state index contributed by atoms with van der Waals surface area (Å²) < 4.78 is 6.53. The SMILES string of the molecule is CCOC1(c2ccccc2)c2ccccc2N(C)c2ccccc21. The first-order valence-electron chi connectivity index (χ1n) is 8.41. The van der Waals surface area contributed by atoms with Gasteiger partial charge in [0.25, 0.3) is 0 Å². The Morgan fingerprint density at radius 3 is 1.79 bits per heavy atom. The van der Waals surface area contributed by atoms with Crippen molar-refractivity contribution in [3.8, 4) is 0 Å². The van der Waals surface area contributed by atoms with E-state index in [0.29, 0.717) is 6.61 Å². The third-order valence-electron chi connectivity index (χ3n) is 4.83. The lowest BCUT2D eigenvalue weighted by molar-refractivity contribution is 0.0212. The van der Waals surface area contributed by atoms with Gasteiger partial charge in [-0.1, -0.05) is 66.7 Å². The predicted molar refractivity (Wildman–Crippen MR) is 98.9 cm³/mol. The van der Waals surface area contributed by atoms with Crippen LogP contribution in [-0.2, 0) is 10.3 Å². The maximum atomic E-state index is 6.53. The number of hydrogen-bond donors (Lipinski definition) is 0. The van der Waals surface area contributed by atoms with Crippen molar-refractivity contribution >= 4 is 11.4 Å². The molecular formula is C22H21NO. The number of anilines is 2. The minimum Gasteiger partial charge on any atom is -0.361 e. The molecule has 1 aliphatic rings. The minimum atomic E-state index is -0.574. The van der Waals surface area contributed by atoms with Gasteiger partial charge in [0, 0.05) is 36.2 Å². The third-order valence-corrected chi connectivity index (χ3v) is 4.83. The van der Waals surface area contributed by atoms with Crippen LogP contribution in [0, 0.1) is 0 Å². The molecule has 0 N–H and O–H groups in total. The Hall–Kier alpha value is -2.58. The first-order chi connectivity index (χ1) is 11.8. The fourth-order valence-electron chi connectivity index (χ4n) is 3.84. The summed E-state index contributed by atoms with van der Waals surface area (Å²) in [6.45, 7) is 2.70. The van der Waals surface area contributed by atoms with Crippen LogP contribution in [0.5, 0.6) is 0 Å². The van der Waals surface area contributed by atoms with Crippen molar-refractivity contribution in [1.82, 2.24) is 0 Å². The van der Waals surface area contributed by atoms with E-state index in [2.05, 4.69) is 97.7 Å². The maximum absolute atomic E-state index is 6.53. The Morgan fingerprint density at radius 1 is 0.750 bits per heavy atom. The second-order valence-corrected chi connectivity index (χ2v) is 6.07. The molecule has 1 heterocycles. The van der Waals surface area contributed by atoms with Gasteiger partial charge in [0.1, 0.15) is 5.60 Å². The van der Waals surface area contributed by atoms with Gasteiger partial charge in [-0.3, -0.25) is 0 Å². The molecule has 2 nitrogen and oxygen atoms in total. The zero-order chi connectivity index (χ0) is 16.6. The highest BCUT2D eigenvalue weighted by Crippen LogP contribution is 2.52. The molecule has 120 valence electrons. The van der Waals surface area contributed by atoms with E-state index >= 15 is 0 Å². The molecule has 0 saturated carbocycles. The second kappa shape index (κ2) is 5.81. The standard InChI is InChI=1S/C22H21NO/c1-3-24-22(17-11-5-4-6-12-17)18-13-7-9-15-20(18)23(2)21-16-10-8-14-19(21)22/h4-16H,3H2,1-2H3. The second-order valence-electron chi connectivity index (χ2n) is 6.07. The highest BCUT2D eigenvalue weighted by Gasteiger charge is 2.44. The number of para-hydroxylation sites is 2. The molecule has 2 heteroatoms. The largest absolute Gasteiger partial charge is 0.361 e. The molecule has 4 rings (SSSR count). The van der Waals surface area contributed by atoms with Crippen molar-refractivity contribution in [2.75, 3.05) is 18.6 Å². The summed E-state index contributed by atoms with van der Waals surface area (Å²) in [5, 5.41) is 0. The Morgan fingerprint density at radius 2 is 1.25 bits per heavy atom. The highest BCUT2D eigenvalue weighted by atomic mass is 16.5. The van der Waals surface area contributed by atoms with E-state index in [1.54, 1.807) is 0 Å². The lowest BCUT2D eigenvalue weighted by Crippen LogP contribution is -2.39. The number of nitrogens with zero attached hydrogens (tertiary/aromatic N) is 1. The molecule has 3 aromatic carbocycles. The molecule has 0 bridgehead atoms. The van der Waals surface area contributed by atoms with Crippen LogP contribution in [0.15, 0.2) is 78.9 Å². The van der Waals surface area contributed by atoms with Gasteiger partial charge in [-0.05, 0) is 24.6 Å². The molecule has 3 aromatic rings. The van der Waals surface area contributed by atoms with Crippen LogP contribution in [0.4, 0.5) is 11.4 Å². The average Bonchev–Trinajstić information content (AvgIpc) is 2.66. The average molecular weight is 315 g/mol. The van der Waals surface area contributed by atoms with E-state index in [1.807, 2.05) is 0 Å². The van der Waals surface area contributed by atoms with Gasteiger partial charge in [-0.25, -0.2) is 0 Å². The van der Waals surface area contributed by atoms with Crippen molar-refractivity contribution in [2.45, 2.75) is 12.5 Å². The number of hydrogen-bond acceptors (Lipinski definition) is 2. The van der Waals surface area contributed by atoms with Gasteiger partial charge in [-0.2, -0.15) is 0 Å². The summed E-state index contributed by atoms with van der Waals surface area (Å²) in [6.07, 6.45) is 0. The summed E-state index contributed by atoms with van der Waals surface area (Å²) in [7, 11) is 2.12. The minimum absolute atomic E-state index is 0.574. The van der Waals surface area contributed by atoms with Crippen molar-refractivity contribution in [2.24, 2.45) is 0 Å². The number of benzene rings is 3. The van der Waals surface area contributed by atoms with Crippen LogP contribution in [0.3, 0.4) is 0 Å². The van der Waals surface area contributed by atoms with Crippen molar-refractivity contribution in [1.29, 1.82) is 0 Å². The summed E-state index contributed by atoms with van der Waals surface area (Å²) in [4.78, 5) is 2.25. The first kappa shape index (κ1) is 15.0. The molecule has 0 unspecified atom stereocenters. The van der Waals surface area contributed by atoms with E-state index < -0.39 is 5.60 Å². The number of rotatable bonds is 3. The summed E-state index contributed by atoms with van der Waals surface area (Å²) in [6, 6.07) is 27.6. The Labute approximate surface area is 143 Å². The summed E-state index contributed by atoms with van der Waals surface area (Å²) in [5.41, 5.74) is 5.36. The molecule has 0 aromatic heterocycles. The summed E-state index contributed by atoms with van der Waals surface area (Å²) >= 11 is 0.